The SMILES string of the molecule is COC(=O)N[C@H](C(=O)C(C)C)c1ccccc1. The second-order valence-electron chi connectivity index (χ2n) is 4.04. The standard InChI is InChI=1S/C13H17NO3/c1-9(2)12(15)11(14-13(16)17-3)10-7-5-4-6-8-10/h4-9,11H,1-3H3,(H,14,16)/t11-/m0/s1. The first kappa shape index (κ1) is 13.2. The number of methoxy groups -OCH3 is 1. The van der Waals surface area contributed by atoms with Crippen molar-refractivity contribution in [2.45, 2.75) is 19.9 Å². The molecule has 0 aromatic heterocycles. The van der Waals surface area contributed by atoms with E-state index in [2.05, 4.69) is 10.1 Å². The van der Waals surface area contributed by atoms with E-state index in [1.165, 1.54) is 7.11 Å². The van der Waals surface area contributed by atoms with Gasteiger partial charge in [0.2, 0.25) is 0 Å². The molecule has 0 saturated carbocycles. The highest BCUT2D eigenvalue weighted by Gasteiger charge is 2.24. The van der Waals surface area contributed by atoms with Crippen molar-refractivity contribution in [3.05, 3.63) is 35.9 Å². The zero-order chi connectivity index (χ0) is 12.8. The number of alkyl carbamates (subject to hydrolysis) is 1. The van der Waals surface area contributed by atoms with Crippen LogP contribution in [0.5, 0.6) is 0 Å². The number of ketones is 1. The molecule has 0 spiro atoms. The summed E-state index contributed by atoms with van der Waals surface area (Å²) < 4.78 is 4.53. The van der Waals surface area contributed by atoms with Gasteiger partial charge in [-0.2, -0.15) is 0 Å². The van der Waals surface area contributed by atoms with Gasteiger partial charge in [-0.3, -0.25) is 4.79 Å². The Bertz CT molecular complexity index is 387. The van der Waals surface area contributed by atoms with Crippen molar-refractivity contribution < 1.29 is 14.3 Å². The third-order valence-electron chi connectivity index (χ3n) is 2.43. The lowest BCUT2D eigenvalue weighted by molar-refractivity contribution is -0.124. The average Bonchev–Trinajstić information content (AvgIpc) is 2.35. The number of rotatable bonds is 4. The van der Waals surface area contributed by atoms with E-state index in [1.54, 1.807) is 26.0 Å². The van der Waals surface area contributed by atoms with Crippen LogP contribution < -0.4 is 5.32 Å². The van der Waals surface area contributed by atoms with Gasteiger partial charge < -0.3 is 10.1 Å². The minimum Gasteiger partial charge on any atom is -0.453 e. The molecule has 1 aromatic carbocycles. The highest BCUT2D eigenvalue weighted by molar-refractivity contribution is 5.89. The van der Waals surface area contributed by atoms with Crippen LogP contribution in [0.25, 0.3) is 0 Å². The van der Waals surface area contributed by atoms with Gasteiger partial charge in [0, 0.05) is 5.92 Å². The van der Waals surface area contributed by atoms with Gasteiger partial charge in [-0.05, 0) is 5.56 Å². The quantitative estimate of drug-likeness (QED) is 0.871. The summed E-state index contributed by atoms with van der Waals surface area (Å²) in [5, 5.41) is 2.55. The molecule has 0 aliphatic heterocycles. The zero-order valence-corrected chi connectivity index (χ0v) is 10.3. The number of amides is 1. The Kier molecular flexibility index (Phi) is 4.69. The van der Waals surface area contributed by atoms with Gasteiger partial charge in [0.1, 0.15) is 6.04 Å². The Balaban J connectivity index is 2.94. The van der Waals surface area contributed by atoms with Gasteiger partial charge in [0.15, 0.2) is 5.78 Å². The fourth-order valence-corrected chi connectivity index (χ4v) is 1.47. The zero-order valence-electron chi connectivity index (χ0n) is 10.3. The molecule has 0 saturated heterocycles. The first-order chi connectivity index (χ1) is 8.06. The van der Waals surface area contributed by atoms with Gasteiger partial charge in [-0.15, -0.1) is 0 Å². The molecular weight excluding hydrogens is 218 g/mol. The van der Waals surface area contributed by atoms with Crippen LogP contribution >= 0.6 is 0 Å². The van der Waals surface area contributed by atoms with Crippen molar-refractivity contribution in [1.29, 1.82) is 0 Å². The van der Waals surface area contributed by atoms with Crippen LogP contribution in [0.15, 0.2) is 30.3 Å². The van der Waals surface area contributed by atoms with Crippen LogP contribution in [0, 0.1) is 5.92 Å². The minimum absolute atomic E-state index is 0.0402. The van der Waals surface area contributed by atoms with Crippen molar-refractivity contribution in [2.24, 2.45) is 5.92 Å². The molecule has 1 aromatic rings. The van der Waals surface area contributed by atoms with Gasteiger partial charge in [-0.25, -0.2) is 4.79 Å². The van der Waals surface area contributed by atoms with E-state index in [4.69, 9.17) is 0 Å². The molecule has 0 radical (unpaired) electrons. The van der Waals surface area contributed by atoms with Crippen molar-refractivity contribution in [1.82, 2.24) is 5.32 Å². The molecule has 4 heteroatoms. The molecule has 0 heterocycles. The van der Waals surface area contributed by atoms with E-state index in [0.717, 1.165) is 5.56 Å². The lowest BCUT2D eigenvalue weighted by Gasteiger charge is -2.19. The van der Waals surface area contributed by atoms with Crippen LogP contribution in [0.2, 0.25) is 0 Å². The molecule has 4 nitrogen and oxygen atoms in total. The molecule has 0 fully saturated rings. The molecule has 1 atom stereocenters. The van der Waals surface area contributed by atoms with E-state index < -0.39 is 12.1 Å². The predicted octanol–water partition coefficient (Wildman–Crippen LogP) is 2.31. The Morgan fingerprint density at radius 1 is 1.18 bits per heavy atom. The summed E-state index contributed by atoms with van der Waals surface area (Å²) in [7, 11) is 1.28. The Labute approximate surface area is 101 Å². The van der Waals surface area contributed by atoms with E-state index in [1.807, 2.05) is 18.2 Å². The Morgan fingerprint density at radius 3 is 2.24 bits per heavy atom. The third-order valence-corrected chi connectivity index (χ3v) is 2.43. The number of hydrogen-bond donors (Lipinski definition) is 1. The summed E-state index contributed by atoms with van der Waals surface area (Å²) >= 11 is 0. The van der Waals surface area contributed by atoms with Crippen LogP contribution in [0.4, 0.5) is 4.79 Å². The number of nitrogens with one attached hydrogen (secondary N) is 1. The van der Waals surface area contributed by atoms with Gasteiger partial charge in [0.25, 0.3) is 0 Å². The normalized spacial score (nSPS) is 12.0. The summed E-state index contributed by atoms with van der Waals surface area (Å²) in [4.78, 5) is 23.3. The molecule has 92 valence electrons. The minimum atomic E-state index is -0.649. The van der Waals surface area contributed by atoms with Crippen molar-refractivity contribution >= 4 is 11.9 Å². The van der Waals surface area contributed by atoms with E-state index in [9.17, 15) is 9.59 Å². The molecular formula is C13H17NO3. The maximum absolute atomic E-state index is 12.0. The van der Waals surface area contributed by atoms with E-state index in [0.29, 0.717) is 0 Å². The van der Waals surface area contributed by atoms with Crippen LogP contribution in [-0.2, 0) is 9.53 Å². The number of carbonyl (C=O) groups is 2. The van der Waals surface area contributed by atoms with E-state index in [-0.39, 0.29) is 11.7 Å². The van der Waals surface area contributed by atoms with Gasteiger partial charge in [-0.1, -0.05) is 44.2 Å². The molecule has 1 N–H and O–H groups in total. The number of ether oxygens (including phenoxy) is 1. The smallest absolute Gasteiger partial charge is 0.407 e. The second kappa shape index (κ2) is 6.03. The topological polar surface area (TPSA) is 55.4 Å². The average molecular weight is 235 g/mol. The van der Waals surface area contributed by atoms with Gasteiger partial charge >= 0.3 is 6.09 Å². The first-order valence-electron chi connectivity index (χ1n) is 5.49. The summed E-state index contributed by atoms with van der Waals surface area (Å²) in [5.74, 6) is -0.195. The largest absolute Gasteiger partial charge is 0.453 e. The molecule has 17 heavy (non-hydrogen) atoms. The van der Waals surface area contributed by atoms with E-state index >= 15 is 0 Å². The monoisotopic (exact) mass is 235 g/mol. The lowest BCUT2D eigenvalue weighted by Crippen LogP contribution is -2.35. The molecule has 0 bridgehead atoms. The fourth-order valence-electron chi connectivity index (χ4n) is 1.47. The maximum atomic E-state index is 12.0. The first-order valence-corrected chi connectivity index (χ1v) is 5.49. The number of hydrogen-bond acceptors (Lipinski definition) is 3. The fraction of sp³-hybridized carbons (Fsp3) is 0.385. The number of benzene rings is 1. The van der Waals surface area contributed by atoms with Crippen molar-refractivity contribution in [2.75, 3.05) is 7.11 Å². The van der Waals surface area contributed by atoms with Crippen LogP contribution in [0.3, 0.4) is 0 Å². The summed E-state index contributed by atoms with van der Waals surface area (Å²) in [5.41, 5.74) is 0.761. The predicted molar refractivity (Wildman–Crippen MR) is 64.6 cm³/mol. The maximum Gasteiger partial charge on any atom is 0.407 e. The highest BCUT2D eigenvalue weighted by Crippen LogP contribution is 2.17. The summed E-state index contributed by atoms with van der Waals surface area (Å²) in [6.07, 6.45) is -0.604. The van der Waals surface area contributed by atoms with Crippen LogP contribution in [0.1, 0.15) is 25.5 Å². The third kappa shape index (κ3) is 3.59. The lowest BCUT2D eigenvalue weighted by atomic mass is 9.95. The Morgan fingerprint density at radius 2 is 1.76 bits per heavy atom. The van der Waals surface area contributed by atoms with Crippen molar-refractivity contribution in [3.63, 3.8) is 0 Å². The molecule has 0 unspecified atom stereocenters. The number of Topliss-reactive ketones (excluding diaryl/α,β-unsaturated/α-hetero) is 1. The molecule has 0 aliphatic carbocycles. The molecule has 1 rings (SSSR count). The summed E-state index contributed by atoms with van der Waals surface area (Å²) in [6.45, 7) is 3.61. The highest BCUT2D eigenvalue weighted by atomic mass is 16.5. The molecule has 1 amide bonds. The summed E-state index contributed by atoms with van der Waals surface area (Å²) in [6, 6.07) is 8.48. The van der Waals surface area contributed by atoms with Crippen molar-refractivity contribution in [3.8, 4) is 0 Å². The van der Waals surface area contributed by atoms with Gasteiger partial charge in [0.05, 0.1) is 7.11 Å². The van der Waals surface area contributed by atoms with Crippen LogP contribution in [-0.4, -0.2) is 19.0 Å². The Hall–Kier alpha value is -1.84. The molecule has 0 aliphatic rings. The second-order valence-corrected chi connectivity index (χ2v) is 4.04. The number of carbonyl (C=O) groups excluding carboxylic acids is 2.